The summed E-state index contributed by atoms with van der Waals surface area (Å²) in [6, 6.07) is 21.4. The van der Waals surface area contributed by atoms with E-state index in [-0.39, 0.29) is 24.2 Å². The van der Waals surface area contributed by atoms with Crippen LogP contribution in [0.5, 0.6) is 5.75 Å². The first kappa shape index (κ1) is 24.8. The normalized spacial score (nSPS) is 10.8. The Morgan fingerprint density at radius 1 is 0.944 bits per heavy atom. The van der Waals surface area contributed by atoms with Gasteiger partial charge in [-0.1, -0.05) is 24.3 Å². The molecule has 0 unspecified atom stereocenters. The highest BCUT2D eigenvalue weighted by molar-refractivity contribution is 6.05. The number of ether oxygens (including phenoxy) is 2. The Labute approximate surface area is 209 Å². The number of hydrogen-bond donors (Lipinski definition) is 3. The summed E-state index contributed by atoms with van der Waals surface area (Å²) < 4.78 is 16.8. The topological polar surface area (TPSA) is 116 Å². The van der Waals surface area contributed by atoms with Crippen LogP contribution in [0.2, 0.25) is 0 Å². The molecule has 0 atom stereocenters. The molecule has 36 heavy (non-hydrogen) atoms. The molecule has 0 radical (unpaired) electrons. The molecule has 0 aliphatic carbocycles. The van der Waals surface area contributed by atoms with E-state index in [4.69, 9.17) is 19.6 Å². The van der Waals surface area contributed by atoms with Crippen LogP contribution in [0.1, 0.15) is 33.4 Å². The van der Waals surface area contributed by atoms with Gasteiger partial charge in [0.2, 0.25) is 0 Å². The lowest BCUT2D eigenvalue weighted by atomic mass is 10.1. The monoisotopic (exact) mass is 487 g/mol. The number of amides is 2. The number of rotatable bonds is 11. The molecular weight excluding hydrogens is 458 g/mol. The van der Waals surface area contributed by atoms with E-state index in [1.165, 1.54) is 0 Å². The summed E-state index contributed by atoms with van der Waals surface area (Å²) in [6.45, 7) is 3.86. The van der Waals surface area contributed by atoms with E-state index in [9.17, 15) is 9.59 Å². The number of nitrogens with two attached hydrogens (primary N) is 1. The minimum Gasteiger partial charge on any atom is -0.492 e. The first-order valence-electron chi connectivity index (χ1n) is 11.8. The molecule has 1 aromatic heterocycles. The predicted octanol–water partition coefficient (Wildman–Crippen LogP) is 4.66. The highest BCUT2D eigenvalue weighted by Gasteiger charge is 2.13. The number of hydrogen-bond acceptors (Lipinski definition) is 6. The molecule has 0 aliphatic heterocycles. The van der Waals surface area contributed by atoms with Gasteiger partial charge >= 0.3 is 0 Å². The van der Waals surface area contributed by atoms with Gasteiger partial charge in [0.25, 0.3) is 11.8 Å². The van der Waals surface area contributed by atoms with Crippen molar-refractivity contribution < 1.29 is 23.5 Å². The largest absolute Gasteiger partial charge is 0.492 e. The van der Waals surface area contributed by atoms with Crippen molar-refractivity contribution in [1.29, 1.82) is 0 Å². The standard InChI is InChI=1S/C28H29N3O5/c1-2-34-15-13-19-7-8-21-18-26(36-25(21)17-19)28(33)30-14-16-35-22-11-9-20(10-12-22)27(32)31-24-6-4-3-5-23(24)29/h3-12,17-18H,2,13-16,29H2,1H3,(H,30,33)(H,31,32). The molecule has 1 heterocycles. The number of nitrogens with one attached hydrogen (secondary N) is 2. The van der Waals surface area contributed by atoms with Gasteiger partial charge in [-0.2, -0.15) is 0 Å². The maximum atomic E-state index is 12.5. The van der Waals surface area contributed by atoms with Gasteiger partial charge in [0, 0.05) is 17.6 Å². The van der Waals surface area contributed by atoms with Crippen LogP contribution in [0.25, 0.3) is 11.0 Å². The second kappa shape index (κ2) is 11.9. The lowest BCUT2D eigenvalue weighted by Gasteiger charge is -2.09. The Morgan fingerprint density at radius 2 is 1.75 bits per heavy atom. The SMILES string of the molecule is CCOCCc1ccc2cc(C(=O)NCCOc3ccc(C(=O)Nc4ccccc4N)cc3)oc2c1. The van der Waals surface area contributed by atoms with Crippen molar-refractivity contribution in [3.63, 3.8) is 0 Å². The van der Waals surface area contributed by atoms with E-state index in [2.05, 4.69) is 10.6 Å². The number of furan rings is 1. The summed E-state index contributed by atoms with van der Waals surface area (Å²) in [5, 5.41) is 6.45. The minimum absolute atomic E-state index is 0.251. The molecule has 0 saturated carbocycles. The number of para-hydroxylation sites is 2. The number of benzene rings is 3. The Hall–Kier alpha value is -4.30. The third-order valence-corrected chi connectivity index (χ3v) is 5.53. The summed E-state index contributed by atoms with van der Waals surface area (Å²) in [4.78, 5) is 24.9. The summed E-state index contributed by atoms with van der Waals surface area (Å²) in [6.07, 6.45) is 0.788. The summed E-state index contributed by atoms with van der Waals surface area (Å²) in [5.74, 6) is 0.265. The lowest BCUT2D eigenvalue weighted by Crippen LogP contribution is -2.27. The average molecular weight is 488 g/mol. The number of nitrogen functional groups attached to an aromatic ring is 1. The van der Waals surface area contributed by atoms with Gasteiger partial charge in [0.05, 0.1) is 24.5 Å². The van der Waals surface area contributed by atoms with E-state index < -0.39 is 0 Å². The van der Waals surface area contributed by atoms with Crippen LogP contribution in [-0.2, 0) is 11.2 Å². The van der Waals surface area contributed by atoms with Crippen molar-refractivity contribution in [2.75, 3.05) is 37.4 Å². The lowest BCUT2D eigenvalue weighted by molar-refractivity contribution is 0.0920. The van der Waals surface area contributed by atoms with Gasteiger partial charge in [0.1, 0.15) is 17.9 Å². The molecule has 4 aromatic rings. The van der Waals surface area contributed by atoms with Gasteiger partial charge in [-0.3, -0.25) is 9.59 Å². The maximum Gasteiger partial charge on any atom is 0.287 e. The molecule has 0 spiro atoms. The van der Waals surface area contributed by atoms with Gasteiger partial charge in [-0.05, 0) is 67.4 Å². The molecule has 8 nitrogen and oxygen atoms in total. The maximum absolute atomic E-state index is 12.5. The average Bonchev–Trinajstić information content (AvgIpc) is 3.32. The third kappa shape index (κ3) is 6.43. The second-order valence-electron chi connectivity index (χ2n) is 8.10. The smallest absolute Gasteiger partial charge is 0.287 e. The Morgan fingerprint density at radius 3 is 2.53 bits per heavy atom. The fraction of sp³-hybridized carbons (Fsp3) is 0.214. The zero-order chi connectivity index (χ0) is 25.3. The first-order chi connectivity index (χ1) is 17.5. The van der Waals surface area contributed by atoms with E-state index in [1.807, 2.05) is 25.1 Å². The molecule has 0 bridgehead atoms. The van der Waals surface area contributed by atoms with Crippen LogP contribution in [0, 0.1) is 0 Å². The van der Waals surface area contributed by atoms with Crippen molar-refractivity contribution in [2.45, 2.75) is 13.3 Å². The fourth-order valence-electron chi connectivity index (χ4n) is 3.61. The molecule has 2 amide bonds. The van der Waals surface area contributed by atoms with Crippen LogP contribution >= 0.6 is 0 Å². The highest BCUT2D eigenvalue weighted by Crippen LogP contribution is 2.22. The molecular formula is C28H29N3O5. The van der Waals surface area contributed by atoms with E-state index in [0.717, 1.165) is 17.4 Å². The third-order valence-electron chi connectivity index (χ3n) is 5.53. The van der Waals surface area contributed by atoms with Crippen molar-refractivity contribution in [1.82, 2.24) is 5.32 Å². The number of carbonyl (C=O) groups excluding carboxylic acids is 2. The first-order valence-corrected chi connectivity index (χ1v) is 11.8. The van der Waals surface area contributed by atoms with Gasteiger partial charge in [0.15, 0.2) is 5.76 Å². The Kier molecular flexibility index (Phi) is 8.20. The fourth-order valence-corrected chi connectivity index (χ4v) is 3.61. The van der Waals surface area contributed by atoms with Crippen molar-refractivity contribution >= 4 is 34.2 Å². The summed E-state index contributed by atoms with van der Waals surface area (Å²) in [7, 11) is 0. The molecule has 0 aliphatic rings. The van der Waals surface area contributed by atoms with E-state index in [0.29, 0.717) is 48.0 Å². The van der Waals surface area contributed by atoms with E-state index >= 15 is 0 Å². The number of carbonyl (C=O) groups is 2. The zero-order valence-corrected chi connectivity index (χ0v) is 20.1. The summed E-state index contributed by atoms with van der Waals surface area (Å²) in [5.41, 5.74) is 9.17. The van der Waals surface area contributed by atoms with Gasteiger partial charge in [-0.15, -0.1) is 0 Å². The quantitative estimate of drug-likeness (QED) is 0.209. The second-order valence-corrected chi connectivity index (χ2v) is 8.10. The summed E-state index contributed by atoms with van der Waals surface area (Å²) >= 11 is 0. The zero-order valence-electron chi connectivity index (χ0n) is 20.1. The van der Waals surface area contributed by atoms with Crippen LogP contribution in [0.15, 0.2) is 77.2 Å². The highest BCUT2D eigenvalue weighted by atomic mass is 16.5. The molecule has 4 N–H and O–H groups in total. The predicted molar refractivity (Wildman–Crippen MR) is 139 cm³/mol. The van der Waals surface area contributed by atoms with Crippen molar-refractivity contribution in [3.05, 3.63) is 89.7 Å². The van der Waals surface area contributed by atoms with Crippen LogP contribution in [0.3, 0.4) is 0 Å². The number of fused-ring (bicyclic) bond motifs is 1. The molecule has 8 heteroatoms. The van der Waals surface area contributed by atoms with Gasteiger partial charge < -0.3 is 30.3 Å². The van der Waals surface area contributed by atoms with Gasteiger partial charge in [-0.25, -0.2) is 0 Å². The van der Waals surface area contributed by atoms with Crippen LogP contribution < -0.4 is 21.1 Å². The van der Waals surface area contributed by atoms with E-state index in [1.54, 1.807) is 54.6 Å². The molecule has 0 saturated heterocycles. The molecule has 4 rings (SSSR count). The van der Waals surface area contributed by atoms with Crippen LogP contribution in [0.4, 0.5) is 11.4 Å². The molecule has 3 aromatic carbocycles. The Balaban J connectivity index is 1.23. The minimum atomic E-state index is -0.308. The van der Waals surface area contributed by atoms with Crippen molar-refractivity contribution in [2.24, 2.45) is 0 Å². The van der Waals surface area contributed by atoms with Crippen molar-refractivity contribution in [3.8, 4) is 5.75 Å². The Bertz CT molecular complexity index is 1330. The molecule has 0 fully saturated rings. The van der Waals surface area contributed by atoms with Crippen LogP contribution in [-0.4, -0.2) is 38.2 Å². The molecule has 186 valence electrons. The number of anilines is 2.